The lowest BCUT2D eigenvalue weighted by Gasteiger charge is -2.28. The number of aliphatic hydroxyl groups is 1. The average Bonchev–Trinajstić information content (AvgIpc) is 2.91. The van der Waals surface area contributed by atoms with Gasteiger partial charge >= 0.3 is 5.97 Å². The van der Waals surface area contributed by atoms with Crippen molar-refractivity contribution in [3.8, 4) is 17.2 Å². The Bertz CT molecular complexity index is 1410. The number of carbonyl (C=O) groups is 1. The van der Waals surface area contributed by atoms with Crippen molar-refractivity contribution in [3.05, 3.63) is 96.1 Å². The van der Waals surface area contributed by atoms with Gasteiger partial charge in [0.2, 0.25) is 0 Å². The lowest BCUT2D eigenvalue weighted by atomic mass is 9.93. The van der Waals surface area contributed by atoms with Gasteiger partial charge in [-0.15, -0.1) is 24.8 Å². The lowest BCUT2D eigenvalue weighted by Crippen LogP contribution is -2.46. The molecule has 0 spiro atoms. The van der Waals surface area contributed by atoms with E-state index in [1.54, 1.807) is 42.5 Å². The fourth-order valence-electron chi connectivity index (χ4n) is 4.21. The largest absolute Gasteiger partial charge is 0.491 e. The first-order chi connectivity index (χ1) is 18.2. The number of ether oxygens (including phenoxy) is 3. The van der Waals surface area contributed by atoms with Crippen LogP contribution in [-0.2, 0) is 11.2 Å². The Labute approximate surface area is 247 Å². The van der Waals surface area contributed by atoms with Gasteiger partial charge in [-0.3, -0.25) is 0 Å². The van der Waals surface area contributed by atoms with Gasteiger partial charge in [0.05, 0.1) is 12.8 Å². The number of anilines is 1. The van der Waals surface area contributed by atoms with E-state index in [0.29, 0.717) is 23.7 Å². The molecule has 0 fully saturated rings. The van der Waals surface area contributed by atoms with Crippen molar-refractivity contribution in [2.24, 2.45) is 0 Å². The maximum Gasteiger partial charge on any atom is 0.341 e. The number of benzene rings is 4. The molecule has 1 atom stereocenters. The molecular weight excluding hydrogens is 551 g/mol. The van der Waals surface area contributed by atoms with Gasteiger partial charge in [-0.1, -0.05) is 54.6 Å². The number of nitrogen functional groups attached to an aromatic ring is 1. The number of esters is 1. The third kappa shape index (κ3) is 8.76. The zero-order chi connectivity index (χ0) is 27.1. The highest BCUT2D eigenvalue weighted by molar-refractivity contribution is 5.93. The van der Waals surface area contributed by atoms with E-state index in [4.69, 9.17) is 19.9 Å². The number of nitrogens with two attached hydrogens (primary N) is 1. The number of fused-ring (bicyclic) bond motifs is 1. The van der Waals surface area contributed by atoms with Crippen LogP contribution in [0.5, 0.6) is 17.2 Å². The molecule has 4 aromatic rings. The second kappa shape index (κ2) is 14.8. The number of para-hydroxylation sites is 2. The number of carbonyl (C=O) groups excluding carboxylic acids is 1. The Kier molecular flexibility index (Phi) is 12.1. The number of hydrogen-bond acceptors (Lipinski definition) is 7. The molecule has 7 nitrogen and oxygen atoms in total. The van der Waals surface area contributed by atoms with Crippen molar-refractivity contribution in [1.82, 2.24) is 5.32 Å². The van der Waals surface area contributed by atoms with E-state index >= 15 is 0 Å². The monoisotopic (exact) mass is 586 g/mol. The second-order valence-corrected chi connectivity index (χ2v) is 9.88. The molecule has 0 saturated carbocycles. The molecule has 4 N–H and O–H groups in total. The van der Waals surface area contributed by atoms with Gasteiger partial charge in [0.25, 0.3) is 0 Å². The van der Waals surface area contributed by atoms with E-state index in [0.717, 1.165) is 6.42 Å². The van der Waals surface area contributed by atoms with Crippen molar-refractivity contribution < 1.29 is 24.1 Å². The summed E-state index contributed by atoms with van der Waals surface area (Å²) in [5.74, 6) is 0.555. The van der Waals surface area contributed by atoms with Crippen molar-refractivity contribution in [2.45, 2.75) is 31.9 Å². The molecule has 0 aliphatic heterocycles. The molecule has 4 aromatic carbocycles. The van der Waals surface area contributed by atoms with Gasteiger partial charge in [0, 0.05) is 18.2 Å². The maximum atomic E-state index is 12.2. The van der Waals surface area contributed by atoms with E-state index in [-0.39, 0.29) is 48.3 Å². The minimum absolute atomic E-state index is 0. The summed E-state index contributed by atoms with van der Waals surface area (Å²) in [6.45, 7) is 4.63. The molecule has 4 rings (SSSR count). The van der Waals surface area contributed by atoms with Crippen LogP contribution in [0.15, 0.2) is 84.9 Å². The molecule has 40 heavy (non-hydrogen) atoms. The highest BCUT2D eigenvalue weighted by atomic mass is 35.5. The first-order valence-corrected chi connectivity index (χ1v) is 12.5. The standard InChI is InChI=1S/C31H34N2O5.2ClH/c1-31(2,18-21-12-13-22-8-4-5-9-23(22)16-21)33-19-24(34)20-37-25-14-15-26(30(35)36-3)29(17-25)38-28-11-7-6-10-27(28)32;;/h4-17,24,33-34H,18-20,32H2,1-3H3;2*1H/t24-;;/m1../s1. The van der Waals surface area contributed by atoms with Crippen LogP contribution >= 0.6 is 24.8 Å². The first-order valence-electron chi connectivity index (χ1n) is 12.5. The Balaban J connectivity index is 0.00000280. The van der Waals surface area contributed by atoms with Crippen molar-refractivity contribution in [3.63, 3.8) is 0 Å². The summed E-state index contributed by atoms with van der Waals surface area (Å²) in [6, 6.07) is 26.6. The van der Waals surface area contributed by atoms with Crippen LogP contribution in [0.2, 0.25) is 0 Å². The molecule has 0 unspecified atom stereocenters. The maximum absolute atomic E-state index is 12.2. The van der Waals surface area contributed by atoms with Crippen molar-refractivity contribution >= 4 is 47.2 Å². The molecule has 0 aromatic heterocycles. The summed E-state index contributed by atoms with van der Waals surface area (Å²) in [7, 11) is 1.30. The Hall–Kier alpha value is -3.49. The third-order valence-corrected chi connectivity index (χ3v) is 6.22. The van der Waals surface area contributed by atoms with Crippen LogP contribution in [0.4, 0.5) is 5.69 Å². The van der Waals surface area contributed by atoms with Crippen LogP contribution in [0, 0.1) is 0 Å². The zero-order valence-electron chi connectivity index (χ0n) is 22.8. The third-order valence-electron chi connectivity index (χ3n) is 6.22. The number of halogens is 2. The van der Waals surface area contributed by atoms with Crippen LogP contribution < -0.4 is 20.5 Å². The molecule has 0 aliphatic rings. The van der Waals surface area contributed by atoms with Crippen molar-refractivity contribution in [1.29, 1.82) is 0 Å². The molecule has 0 radical (unpaired) electrons. The SMILES string of the molecule is COC(=O)c1ccc(OC[C@H](O)CNC(C)(C)Cc2ccc3ccccc3c2)cc1Oc1ccccc1N.Cl.Cl. The highest BCUT2D eigenvalue weighted by Gasteiger charge is 2.20. The highest BCUT2D eigenvalue weighted by Crippen LogP contribution is 2.33. The normalized spacial score (nSPS) is 11.6. The van der Waals surface area contributed by atoms with Gasteiger partial charge in [-0.25, -0.2) is 4.79 Å². The Morgan fingerprint density at radius 3 is 2.35 bits per heavy atom. The second-order valence-electron chi connectivity index (χ2n) is 9.88. The number of β-amino-alcohol motifs (C(OH)–C–C–N with tert-alkyl or cyclic N) is 1. The van der Waals surface area contributed by atoms with Crippen LogP contribution in [0.3, 0.4) is 0 Å². The van der Waals surface area contributed by atoms with E-state index < -0.39 is 12.1 Å². The van der Waals surface area contributed by atoms with Gasteiger partial charge in [0.1, 0.15) is 35.5 Å². The van der Waals surface area contributed by atoms with E-state index in [2.05, 4.69) is 49.5 Å². The first kappa shape index (κ1) is 32.7. The molecule has 0 saturated heterocycles. The van der Waals surface area contributed by atoms with Gasteiger partial charge < -0.3 is 30.4 Å². The summed E-state index contributed by atoms with van der Waals surface area (Å²) < 4.78 is 16.6. The van der Waals surface area contributed by atoms with Crippen LogP contribution in [-0.4, -0.2) is 43.0 Å². The molecule has 9 heteroatoms. The number of nitrogens with one attached hydrogen (secondary N) is 1. The Morgan fingerprint density at radius 2 is 1.62 bits per heavy atom. The van der Waals surface area contributed by atoms with Crippen LogP contribution in [0.25, 0.3) is 10.8 Å². The van der Waals surface area contributed by atoms with E-state index in [9.17, 15) is 9.90 Å². The zero-order valence-corrected chi connectivity index (χ0v) is 24.4. The average molecular weight is 588 g/mol. The molecule has 0 aliphatic carbocycles. The Morgan fingerprint density at radius 1 is 0.925 bits per heavy atom. The van der Waals surface area contributed by atoms with Gasteiger partial charge in [0.15, 0.2) is 0 Å². The minimum Gasteiger partial charge on any atom is -0.491 e. The van der Waals surface area contributed by atoms with Gasteiger partial charge in [-0.2, -0.15) is 0 Å². The predicted octanol–water partition coefficient (Wildman–Crippen LogP) is 6.20. The fraction of sp³-hybridized carbons (Fsp3) is 0.258. The van der Waals surface area contributed by atoms with Crippen molar-refractivity contribution in [2.75, 3.05) is 26.0 Å². The number of methoxy groups -OCH3 is 1. The molecule has 0 bridgehead atoms. The number of rotatable bonds is 11. The number of hydrogen-bond donors (Lipinski definition) is 3. The quantitative estimate of drug-likeness (QED) is 0.142. The fourth-order valence-corrected chi connectivity index (χ4v) is 4.21. The molecule has 214 valence electrons. The topological polar surface area (TPSA) is 103 Å². The summed E-state index contributed by atoms with van der Waals surface area (Å²) in [5.41, 5.74) is 7.65. The number of aliphatic hydroxyl groups excluding tert-OH is 1. The summed E-state index contributed by atoms with van der Waals surface area (Å²) in [6.07, 6.45) is 0.0595. The smallest absolute Gasteiger partial charge is 0.341 e. The summed E-state index contributed by atoms with van der Waals surface area (Å²) in [5, 5.41) is 16.5. The summed E-state index contributed by atoms with van der Waals surface area (Å²) in [4.78, 5) is 12.2. The van der Waals surface area contributed by atoms with Crippen LogP contribution in [0.1, 0.15) is 29.8 Å². The molecule has 0 heterocycles. The predicted molar refractivity (Wildman–Crippen MR) is 164 cm³/mol. The van der Waals surface area contributed by atoms with E-state index in [1.807, 2.05) is 12.1 Å². The van der Waals surface area contributed by atoms with Gasteiger partial charge in [-0.05, 0) is 60.9 Å². The minimum atomic E-state index is -0.750. The lowest BCUT2D eigenvalue weighted by molar-refractivity contribution is 0.0597. The summed E-state index contributed by atoms with van der Waals surface area (Å²) >= 11 is 0. The van der Waals surface area contributed by atoms with E-state index in [1.165, 1.54) is 23.4 Å². The molecule has 0 amide bonds. The molecular formula is C31H36Cl2N2O5.